The summed E-state index contributed by atoms with van der Waals surface area (Å²) in [7, 11) is 0. The molecule has 0 amide bonds. The van der Waals surface area contributed by atoms with Crippen molar-refractivity contribution < 1.29 is 0 Å². The van der Waals surface area contributed by atoms with E-state index < -0.39 is 0 Å². The highest BCUT2D eigenvalue weighted by molar-refractivity contribution is 5.75. The van der Waals surface area contributed by atoms with Crippen molar-refractivity contribution in [2.24, 2.45) is 22.4 Å². The number of guanidine groups is 1. The number of rotatable bonds is 1. The Morgan fingerprint density at radius 3 is 2.50 bits per heavy atom. The van der Waals surface area contributed by atoms with E-state index in [-0.39, 0.29) is 5.96 Å². The molecule has 2 atom stereocenters. The van der Waals surface area contributed by atoms with Gasteiger partial charge in [-0.2, -0.15) is 0 Å². The van der Waals surface area contributed by atoms with E-state index in [0.717, 1.165) is 6.42 Å². The Hall–Kier alpha value is -0.730. The van der Waals surface area contributed by atoms with Crippen LogP contribution in [0.4, 0.5) is 0 Å². The lowest BCUT2D eigenvalue weighted by atomic mass is 9.98. The van der Waals surface area contributed by atoms with Crippen LogP contribution in [0, 0.1) is 5.92 Å². The number of nitrogens with two attached hydrogens (primary N) is 2. The standard InChI is InChI=1S/C9H19N3/c1-7-5-3-2-4-6-8(7)12-9(10)11/h7-8H,2-6H2,1H3,(H4,10,11,12). The maximum atomic E-state index is 5.36. The highest BCUT2D eigenvalue weighted by atomic mass is 15.0. The Kier molecular flexibility index (Phi) is 3.38. The number of nitrogens with zero attached hydrogens (tertiary/aromatic N) is 1. The molecule has 1 saturated carbocycles. The van der Waals surface area contributed by atoms with Gasteiger partial charge in [0, 0.05) is 0 Å². The first-order valence-electron chi connectivity index (χ1n) is 4.79. The van der Waals surface area contributed by atoms with Crippen molar-refractivity contribution >= 4 is 5.96 Å². The molecule has 0 aromatic rings. The van der Waals surface area contributed by atoms with Gasteiger partial charge >= 0.3 is 0 Å². The first kappa shape index (κ1) is 9.36. The third-order valence-electron chi connectivity index (χ3n) is 2.63. The summed E-state index contributed by atoms with van der Waals surface area (Å²) in [5.74, 6) is 0.892. The molecular formula is C9H19N3. The number of aliphatic imine (C=N–C) groups is 1. The Labute approximate surface area is 74.2 Å². The fraction of sp³-hybridized carbons (Fsp3) is 0.889. The summed E-state index contributed by atoms with van der Waals surface area (Å²) in [6.45, 7) is 2.24. The van der Waals surface area contributed by atoms with Gasteiger partial charge in [-0.05, 0) is 18.8 Å². The first-order valence-corrected chi connectivity index (χ1v) is 4.79. The van der Waals surface area contributed by atoms with Crippen LogP contribution in [-0.2, 0) is 0 Å². The Bertz CT molecular complexity index is 161. The predicted octanol–water partition coefficient (Wildman–Crippen LogP) is 1.23. The van der Waals surface area contributed by atoms with Gasteiger partial charge in [-0.15, -0.1) is 0 Å². The lowest BCUT2D eigenvalue weighted by Crippen LogP contribution is -2.27. The molecule has 0 aromatic carbocycles. The van der Waals surface area contributed by atoms with Crippen LogP contribution in [0.2, 0.25) is 0 Å². The van der Waals surface area contributed by atoms with Crippen LogP contribution < -0.4 is 11.5 Å². The lowest BCUT2D eigenvalue weighted by molar-refractivity contribution is 0.434. The molecule has 70 valence electrons. The molecular weight excluding hydrogens is 150 g/mol. The second-order valence-corrected chi connectivity index (χ2v) is 3.74. The van der Waals surface area contributed by atoms with Gasteiger partial charge in [-0.25, -0.2) is 0 Å². The molecule has 3 nitrogen and oxygen atoms in total. The average molecular weight is 169 g/mol. The topological polar surface area (TPSA) is 64.4 Å². The van der Waals surface area contributed by atoms with Crippen LogP contribution >= 0.6 is 0 Å². The zero-order valence-electron chi connectivity index (χ0n) is 7.79. The van der Waals surface area contributed by atoms with Gasteiger partial charge in [-0.1, -0.05) is 26.2 Å². The monoisotopic (exact) mass is 169 g/mol. The molecule has 0 saturated heterocycles. The van der Waals surface area contributed by atoms with E-state index in [4.69, 9.17) is 11.5 Å². The summed E-state index contributed by atoms with van der Waals surface area (Å²) in [5.41, 5.74) is 10.7. The Balaban J connectivity index is 2.53. The Morgan fingerprint density at radius 2 is 1.83 bits per heavy atom. The van der Waals surface area contributed by atoms with Gasteiger partial charge in [-0.3, -0.25) is 4.99 Å². The molecule has 0 radical (unpaired) electrons. The summed E-state index contributed by atoms with van der Waals surface area (Å²) in [4.78, 5) is 4.25. The van der Waals surface area contributed by atoms with Crippen molar-refractivity contribution in [1.82, 2.24) is 0 Å². The van der Waals surface area contributed by atoms with Crippen LogP contribution in [-0.4, -0.2) is 12.0 Å². The van der Waals surface area contributed by atoms with E-state index >= 15 is 0 Å². The van der Waals surface area contributed by atoms with E-state index in [2.05, 4.69) is 11.9 Å². The van der Waals surface area contributed by atoms with Crippen molar-refractivity contribution in [3.8, 4) is 0 Å². The minimum Gasteiger partial charge on any atom is -0.370 e. The van der Waals surface area contributed by atoms with Crippen LogP contribution in [0.1, 0.15) is 39.0 Å². The molecule has 3 heteroatoms. The van der Waals surface area contributed by atoms with Crippen LogP contribution in [0.15, 0.2) is 4.99 Å². The molecule has 0 bridgehead atoms. The summed E-state index contributed by atoms with van der Waals surface area (Å²) >= 11 is 0. The maximum Gasteiger partial charge on any atom is 0.186 e. The molecule has 1 fully saturated rings. The van der Waals surface area contributed by atoms with Gasteiger partial charge in [0.1, 0.15) is 0 Å². The van der Waals surface area contributed by atoms with Gasteiger partial charge in [0.15, 0.2) is 5.96 Å². The van der Waals surface area contributed by atoms with E-state index in [1.807, 2.05) is 0 Å². The third-order valence-corrected chi connectivity index (χ3v) is 2.63. The number of hydrogen-bond acceptors (Lipinski definition) is 1. The molecule has 0 heterocycles. The molecule has 1 aliphatic carbocycles. The molecule has 1 rings (SSSR count). The molecule has 0 aliphatic heterocycles. The maximum absolute atomic E-state index is 5.36. The van der Waals surface area contributed by atoms with Crippen LogP contribution in [0.5, 0.6) is 0 Å². The van der Waals surface area contributed by atoms with E-state index in [1.54, 1.807) is 0 Å². The zero-order valence-corrected chi connectivity index (χ0v) is 7.79. The number of hydrogen-bond donors (Lipinski definition) is 2. The summed E-state index contributed by atoms with van der Waals surface area (Å²) in [5, 5.41) is 0. The minimum absolute atomic E-state index is 0.244. The second-order valence-electron chi connectivity index (χ2n) is 3.74. The molecule has 1 aliphatic rings. The Morgan fingerprint density at radius 1 is 1.17 bits per heavy atom. The van der Waals surface area contributed by atoms with Crippen LogP contribution in [0.3, 0.4) is 0 Å². The lowest BCUT2D eigenvalue weighted by Gasteiger charge is -2.16. The molecule has 4 N–H and O–H groups in total. The normalized spacial score (nSPS) is 30.8. The van der Waals surface area contributed by atoms with E-state index in [9.17, 15) is 0 Å². The van der Waals surface area contributed by atoms with E-state index in [1.165, 1.54) is 25.7 Å². The molecule has 0 spiro atoms. The fourth-order valence-electron chi connectivity index (χ4n) is 1.86. The second kappa shape index (κ2) is 4.33. The van der Waals surface area contributed by atoms with Crippen molar-refractivity contribution in [3.63, 3.8) is 0 Å². The van der Waals surface area contributed by atoms with E-state index in [0.29, 0.717) is 12.0 Å². The SMILES string of the molecule is CC1CCCCCC1N=C(N)N. The smallest absolute Gasteiger partial charge is 0.186 e. The van der Waals surface area contributed by atoms with Crippen molar-refractivity contribution in [2.75, 3.05) is 0 Å². The molecule has 0 aromatic heterocycles. The molecule has 2 unspecified atom stereocenters. The van der Waals surface area contributed by atoms with Crippen molar-refractivity contribution in [1.29, 1.82) is 0 Å². The van der Waals surface area contributed by atoms with Gasteiger partial charge in [0.05, 0.1) is 6.04 Å². The van der Waals surface area contributed by atoms with Gasteiger partial charge < -0.3 is 11.5 Å². The van der Waals surface area contributed by atoms with Crippen molar-refractivity contribution in [3.05, 3.63) is 0 Å². The molecule has 12 heavy (non-hydrogen) atoms. The van der Waals surface area contributed by atoms with Gasteiger partial charge in [0.2, 0.25) is 0 Å². The third kappa shape index (κ3) is 2.72. The van der Waals surface area contributed by atoms with Crippen molar-refractivity contribution in [2.45, 2.75) is 45.1 Å². The van der Waals surface area contributed by atoms with Crippen LogP contribution in [0.25, 0.3) is 0 Å². The quantitative estimate of drug-likeness (QED) is 0.352. The average Bonchev–Trinajstić information content (AvgIpc) is 2.16. The summed E-state index contributed by atoms with van der Waals surface area (Å²) in [6.07, 6.45) is 6.35. The minimum atomic E-state index is 0.244. The van der Waals surface area contributed by atoms with Gasteiger partial charge in [0.25, 0.3) is 0 Å². The predicted molar refractivity (Wildman–Crippen MR) is 51.8 cm³/mol. The first-order chi connectivity index (χ1) is 5.70. The largest absolute Gasteiger partial charge is 0.370 e. The summed E-state index contributed by atoms with van der Waals surface area (Å²) < 4.78 is 0. The fourth-order valence-corrected chi connectivity index (χ4v) is 1.86. The summed E-state index contributed by atoms with van der Waals surface area (Å²) in [6, 6.07) is 0.373. The zero-order chi connectivity index (χ0) is 8.97. The highest BCUT2D eigenvalue weighted by Gasteiger charge is 2.18. The highest BCUT2D eigenvalue weighted by Crippen LogP contribution is 2.24.